The van der Waals surface area contributed by atoms with Gasteiger partial charge in [-0.05, 0) is 29.5 Å². The second kappa shape index (κ2) is 6.62. The van der Waals surface area contributed by atoms with Gasteiger partial charge in [0.2, 0.25) is 0 Å². The molecule has 1 aliphatic carbocycles. The molecule has 0 unspecified atom stereocenters. The molecule has 22 heavy (non-hydrogen) atoms. The van der Waals surface area contributed by atoms with E-state index in [0.717, 1.165) is 17.5 Å². The smallest absolute Gasteiger partial charge is 0.408 e. The minimum Gasteiger partial charge on any atom is -0.445 e. The highest BCUT2D eigenvalue weighted by atomic mass is 16.5. The lowest BCUT2D eigenvalue weighted by atomic mass is 9.86. The zero-order valence-electron chi connectivity index (χ0n) is 12.2. The highest BCUT2D eigenvalue weighted by molar-refractivity contribution is 5.68. The van der Waals surface area contributed by atoms with Gasteiger partial charge in [-0.15, -0.1) is 0 Å². The van der Waals surface area contributed by atoms with Crippen molar-refractivity contribution in [3.63, 3.8) is 0 Å². The standard InChI is InChI=1S/C18H19NO3/c20-16-11-10-14-8-4-5-9-15(14)17(16)19-18(21)22-12-13-6-2-1-3-7-13/h1-9,16-17,20H,10-12H2,(H,19,21)/t16-,17-/m1/s1. The monoisotopic (exact) mass is 297 g/mol. The molecular formula is C18H19NO3. The number of nitrogens with one attached hydrogen (secondary N) is 1. The first-order valence-electron chi connectivity index (χ1n) is 7.47. The number of ether oxygens (including phenoxy) is 1. The fourth-order valence-corrected chi connectivity index (χ4v) is 2.81. The van der Waals surface area contributed by atoms with Gasteiger partial charge in [-0.25, -0.2) is 4.79 Å². The average molecular weight is 297 g/mol. The Morgan fingerprint density at radius 3 is 2.68 bits per heavy atom. The molecule has 114 valence electrons. The molecule has 4 nitrogen and oxygen atoms in total. The van der Waals surface area contributed by atoms with Crippen LogP contribution >= 0.6 is 0 Å². The summed E-state index contributed by atoms with van der Waals surface area (Å²) < 4.78 is 5.23. The molecule has 0 spiro atoms. The first-order valence-corrected chi connectivity index (χ1v) is 7.47. The molecule has 0 radical (unpaired) electrons. The van der Waals surface area contributed by atoms with Crippen molar-refractivity contribution in [1.29, 1.82) is 0 Å². The number of aliphatic hydroxyl groups is 1. The van der Waals surface area contributed by atoms with E-state index in [1.165, 1.54) is 5.56 Å². The van der Waals surface area contributed by atoms with Crippen LogP contribution in [-0.2, 0) is 17.8 Å². The Labute approximate surface area is 129 Å². The molecule has 2 aromatic rings. The molecule has 0 saturated carbocycles. The molecular weight excluding hydrogens is 278 g/mol. The van der Waals surface area contributed by atoms with E-state index in [9.17, 15) is 9.90 Å². The number of hydrogen-bond donors (Lipinski definition) is 2. The summed E-state index contributed by atoms with van der Waals surface area (Å²) in [5, 5.41) is 13.0. The van der Waals surface area contributed by atoms with Crippen molar-refractivity contribution in [1.82, 2.24) is 5.32 Å². The van der Waals surface area contributed by atoms with Crippen molar-refractivity contribution in [2.45, 2.75) is 31.6 Å². The van der Waals surface area contributed by atoms with Crippen molar-refractivity contribution in [3.05, 3.63) is 71.3 Å². The third-order valence-electron chi connectivity index (χ3n) is 3.97. The predicted molar refractivity (Wildman–Crippen MR) is 83.3 cm³/mol. The van der Waals surface area contributed by atoms with Gasteiger partial charge in [0.25, 0.3) is 0 Å². The Bertz CT molecular complexity index is 642. The molecule has 0 aliphatic heterocycles. The molecule has 3 rings (SSSR count). The minimum atomic E-state index is -0.584. The number of hydrogen-bond acceptors (Lipinski definition) is 3. The third kappa shape index (κ3) is 3.28. The van der Waals surface area contributed by atoms with Gasteiger partial charge in [0.15, 0.2) is 0 Å². The highest BCUT2D eigenvalue weighted by Crippen LogP contribution is 2.29. The van der Waals surface area contributed by atoms with Gasteiger partial charge in [0.05, 0.1) is 12.1 Å². The van der Waals surface area contributed by atoms with E-state index >= 15 is 0 Å². The average Bonchev–Trinajstić information content (AvgIpc) is 2.56. The zero-order valence-corrected chi connectivity index (χ0v) is 12.2. The Kier molecular flexibility index (Phi) is 4.39. The summed E-state index contributed by atoms with van der Waals surface area (Å²) in [4.78, 5) is 12.0. The quantitative estimate of drug-likeness (QED) is 0.915. The van der Waals surface area contributed by atoms with Gasteiger partial charge in [0.1, 0.15) is 6.61 Å². The van der Waals surface area contributed by atoms with Crippen molar-refractivity contribution >= 4 is 6.09 Å². The fraction of sp³-hybridized carbons (Fsp3) is 0.278. The third-order valence-corrected chi connectivity index (χ3v) is 3.97. The predicted octanol–water partition coefficient (Wildman–Crippen LogP) is 2.96. The number of carbonyl (C=O) groups is 1. The van der Waals surface area contributed by atoms with E-state index in [1.807, 2.05) is 54.6 Å². The summed E-state index contributed by atoms with van der Waals surface area (Å²) in [5.74, 6) is 0. The molecule has 1 aliphatic rings. The van der Waals surface area contributed by atoms with E-state index in [0.29, 0.717) is 6.42 Å². The summed E-state index contributed by atoms with van der Waals surface area (Å²) >= 11 is 0. The SMILES string of the molecule is O=C(N[C@@H]1c2ccccc2CC[C@H]1O)OCc1ccccc1. The normalized spacial score (nSPS) is 20.0. The molecule has 1 amide bonds. The number of alkyl carbamates (subject to hydrolysis) is 1. The Morgan fingerprint density at radius 1 is 1.14 bits per heavy atom. The Hall–Kier alpha value is -2.33. The number of carbonyl (C=O) groups excluding carboxylic acids is 1. The van der Waals surface area contributed by atoms with Crippen molar-refractivity contribution in [2.24, 2.45) is 0 Å². The number of aliphatic hydroxyl groups excluding tert-OH is 1. The molecule has 0 bridgehead atoms. The lowest BCUT2D eigenvalue weighted by Crippen LogP contribution is -2.39. The van der Waals surface area contributed by atoms with E-state index in [4.69, 9.17) is 4.74 Å². The maximum absolute atomic E-state index is 12.0. The Balaban J connectivity index is 1.64. The molecule has 0 saturated heterocycles. The van der Waals surface area contributed by atoms with Gasteiger partial charge in [-0.2, -0.15) is 0 Å². The largest absolute Gasteiger partial charge is 0.445 e. The summed E-state index contributed by atoms with van der Waals surface area (Å²) in [7, 11) is 0. The molecule has 2 aromatic carbocycles. The maximum Gasteiger partial charge on any atom is 0.408 e. The zero-order chi connectivity index (χ0) is 15.4. The molecule has 0 aromatic heterocycles. The number of rotatable bonds is 3. The maximum atomic E-state index is 12.0. The number of aryl methyl sites for hydroxylation is 1. The Morgan fingerprint density at radius 2 is 1.86 bits per heavy atom. The van der Waals surface area contributed by atoms with Crippen LogP contribution in [0.2, 0.25) is 0 Å². The lowest BCUT2D eigenvalue weighted by molar-refractivity contribution is 0.0917. The van der Waals surface area contributed by atoms with E-state index in [2.05, 4.69) is 5.32 Å². The molecule has 4 heteroatoms. The van der Waals surface area contributed by atoms with Crippen LogP contribution in [0, 0.1) is 0 Å². The minimum absolute atomic E-state index is 0.219. The van der Waals surface area contributed by atoms with Gasteiger partial charge in [-0.1, -0.05) is 54.6 Å². The second-order valence-electron chi connectivity index (χ2n) is 5.49. The number of amides is 1. The fourth-order valence-electron chi connectivity index (χ4n) is 2.81. The van der Waals surface area contributed by atoms with Crippen LogP contribution in [0.3, 0.4) is 0 Å². The number of fused-ring (bicyclic) bond motifs is 1. The van der Waals surface area contributed by atoms with E-state index in [-0.39, 0.29) is 6.61 Å². The van der Waals surface area contributed by atoms with Crippen LogP contribution in [0.15, 0.2) is 54.6 Å². The van der Waals surface area contributed by atoms with Gasteiger partial charge < -0.3 is 15.2 Å². The molecule has 0 fully saturated rings. The molecule has 2 N–H and O–H groups in total. The van der Waals surface area contributed by atoms with Crippen LogP contribution in [0.1, 0.15) is 29.2 Å². The first-order chi connectivity index (χ1) is 10.7. The van der Waals surface area contributed by atoms with Crippen LogP contribution in [0.4, 0.5) is 4.79 Å². The summed E-state index contributed by atoms with van der Waals surface area (Å²) in [6, 6.07) is 17.0. The van der Waals surface area contributed by atoms with Crippen molar-refractivity contribution in [2.75, 3.05) is 0 Å². The van der Waals surface area contributed by atoms with Gasteiger partial charge in [-0.3, -0.25) is 0 Å². The van der Waals surface area contributed by atoms with Crippen LogP contribution in [0.25, 0.3) is 0 Å². The number of benzene rings is 2. The highest BCUT2D eigenvalue weighted by Gasteiger charge is 2.29. The van der Waals surface area contributed by atoms with E-state index < -0.39 is 18.2 Å². The summed E-state index contributed by atoms with van der Waals surface area (Å²) in [6.07, 6.45) is 0.374. The van der Waals surface area contributed by atoms with Crippen LogP contribution < -0.4 is 5.32 Å². The topological polar surface area (TPSA) is 58.6 Å². The molecule has 2 atom stereocenters. The first kappa shape index (κ1) is 14.6. The summed E-state index contributed by atoms with van der Waals surface area (Å²) in [5.41, 5.74) is 3.07. The van der Waals surface area contributed by atoms with Crippen molar-refractivity contribution in [3.8, 4) is 0 Å². The van der Waals surface area contributed by atoms with Crippen molar-refractivity contribution < 1.29 is 14.6 Å². The van der Waals surface area contributed by atoms with Crippen LogP contribution in [0.5, 0.6) is 0 Å². The second-order valence-corrected chi connectivity index (χ2v) is 5.49. The van der Waals surface area contributed by atoms with E-state index in [1.54, 1.807) is 0 Å². The van der Waals surface area contributed by atoms with Gasteiger partial charge in [0, 0.05) is 0 Å². The summed E-state index contributed by atoms with van der Waals surface area (Å²) in [6.45, 7) is 0.219. The molecule has 0 heterocycles. The lowest BCUT2D eigenvalue weighted by Gasteiger charge is -2.30. The van der Waals surface area contributed by atoms with Crippen LogP contribution in [-0.4, -0.2) is 17.3 Å². The van der Waals surface area contributed by atoms with Gasteiger partial charge >= 0.3 is 6.09 Å².